The van der Waals surface area contributed by atoms with Crippen LogP contribution in [0.15, 0.2) is 71.9 Å². The molecular formula is C24H30Si2. The Kier molecular flexibility index (Phi) is 6.64. The SMILES string of the molecule is C[Si](C)(C)C#C/C(=C\C(=C\c1ccccc1)c1ccccc1)[Si](C)(C)C. The van der Waals surface area contributed by atoms with E-state index in [1.165, 1.54) is 21.9 Å². The maximum absolute atomic E-state index is 3.58. The van der Waals surface area contributed by atoms with Gasteiger partial charge in [-0.1, -0.05) is 106 Å². The fourth-order valence-corrected chi connectivity index (χ4v) is 4.08. The lowest BCUT2D eigenvalue weighted by Crippen LogP contribution is -2.24. The zero-order valence-electron chi connectivity index (χ0n) is 16.9. The fourth-order valence-electron chi connectivity index (χ4n) is 2.42. The predicted octanol–water partition coefficient (Wildman–Crippen LogP) is 6.91. The molecular weight excluding hydrogens is 344 g/mol. The second-order valence-corrected chi connectivity index (χ2v) is 18.5. The Balaban J connectivity index is 2.61. The van der Waals surface area contributed by atoms with Crippen molar-refractivity contribution in [1.82, 2.24) is 0 Å². The molecule has 0 atom stereocenters. The molecule has 2 rings (SSSR count). The molecule has 0 N–H and O–H groups in total. The van der Waals surface area contributed by atoms with Gasteiger partial charge in [0.25, 0.3) is 0 Å². The molecule has 2 heteroatoms. The Morgan fingerprint density at radius 2 is 1.31 bits per heavy atom. The van der Waals surface area contributed by atoms with Crippen molar-refractivity contribution in [3.8, 4) is 11.5 Å². The van der Waals surface area contributed by atoms with Gasteiger partial charge in [-0.15, -0.1) is 5.54 Å². The van der Waals surface area contributed by atoms with Crippen molar-refractivity contribution in [2.45, 2.75) is 39.3 Å². The van der Waals surface area contributed by atoms with Crippen LogP contribution in [0.2, 0.25) is 39.3 Å². The number of benzene rings is 2. The minimum Gasteiger partial charge on any atom is -0.127 e. The van der Waals surface area contributed by atoms with Crippen LogP contribution in [0.1, 0.15) is 11.1 Å². The van der Waals surface area contributed by atoms with E-state index in [2.05, 4.69) is 124 Å². The van der Waals surface area contributed by atoms with Gasteiger partial charge in [-0.05, 0) is 34.0 Å². The Morgan fingerprint density at radius 1 is 0.769 bits per heavy atom. The predicted molar refractivity (Wildman–Crippen MR) is 123 cm³/mol. The van der Waals surface area contributed by atoms with E-state index in [0.29, 0.717) is 0 Å². The summed E-state index contributed by atoms with van der Waals surface area (Å²) in [6, 6.07) is 21.2. The first-order chi connectivity index (χ1) is 12.1. The summed E-state index contributed by atoms with van der Waals surface area (Å²) in [5.74, 6) is 3.58. The van der Waals surface area contributed by atoms with E-state index < -0.39 is 16.1 Å². The largest absolute Gasteiger partial charge is 0.129 e. The topological polar surface area (TPSA) is 0 Å². The molecule has 0 spiro atoms. The summed E-state index contributed by atoms with van der Waals surface area (Å²) < 4.78 is 0. The van der Waals surface area contributed by atoms with Gasteiger partial charge in [0.15, 0.2) is 0 Å². The molecule has 0 unspecified atom stereocenters. The van der Waals surface area contributed by atoms with Crippen LogP contribution in [0, 0.1) is 11.5 Å². The van der Waals surface area contributed by atoms with E-state index in [0.717, 1.165) is 0 Å². The smallest absolute Gasteiger partial charge is 0.127 e. The van der Waals surface area contributed by atoms with E-state index in [1.807, 2.05) is 0 Å². The maximum Gasteiger partial charge on any atom is 0.129 e. The Morgan fingerprint density at radius 3 is 1.81 bits per heavy atom. The van der Waals surface area contributed by atoms with Crippen LogP contribution < -0.4 is 0 Å². The molecule has 0 saturated carbocycles. The molecule has 0 heterocycles. The second kappa shape index (κ2) is 8.53. The first-order valence-electron chi connectivity index (χ1n) is 9.23. The standard InChI is InChI=1S/C24H30Si2/c1-25(2,3)18-17-24(26(4,5)6)20-23(22-15-11-8-12-16-22)19-21-13-9-7-10-14-21/h7-16,19-20H,1-6H3/b23-19-,24-20+. The molecule has 0 bridgehead atoms. The second-order valence-electron chi connectivity index (χ2n) is 8.68. The number of hydrogen-bond donors (Lipinski definition) is 0. The summed E-state index contributed by atoms with van der Waals surface area (Å²) in [5.41, 5.74) is 7.27. The number of rotatable bonds is 4. The Hall–Kier alpha value is -2.09. The quantitative estimate of drug-likeness (QED) is 0.236. The lowest BCUT2D eigenvalue weighted by atomic mass is 10.0. The third kappa shape index (κ3) is 6.67. The zero-order valence-corrected chi connectivity index (χ0v) is 18.9. The van der Waals surface area contributed by atoms with Crippen molar-refractivity contribution in [1.29, 1.82) is 0 Å². The molecule has 0 aliphatic heterocycles. The van der Waals surface area contributed by atoms with Crippen molar-refractivity contribution in [2.24, 2.45) is 0 Å². The summed E-state index contributed by atoms with van der Waals surface area (Å²) in [4.78, 5) is 0. The van der Waals surface area contributed by atoms with Gasteiger partial charge >= 0.3 is 0 Å². The molecule has 0 aromatic heterocycles. The highest BCUT2D eigenvalue weighted by atomic mass is 28.3. The Labute approximate surface area is 161 Å². The van der Waals surface area contributed by atoms with Crippen LogP contribution in [0.25, 0.3) is 11.6 Å². The molecule has 0 amide bonds. The van der Waals surface area contributed by atoms with Crippen molar-refractivity contribution < 1.29 is 0 Å². The monoisotopic (exact) mass is 374 g/mol. The highest BCUT2D eigenvalue weighted by Gasteiger charge is 2.19. The molecule has 0 aliphatic rings. The van der Waals surface area contributed by atoms with Gasteiger partial charge in [0.05, 0.1) is 8.07 Å². The summed E-state index contributed by atoms with van der Waals surface area (Å²) in [6.07, 6.45) is 4.60. The average molecular weight is 375 g/mol. The fraction of sp³-hybridized carbons (Fsp3) is 0.250. The van der Waals surface area contributed by atoms with Crippen LogP contribution in [0.5, 0.6) is 0 Å². The normalized spacial score (nSPS) is 13.2. The number of hydrogen-bond acceptors (Lipinski definition) is 0. The van der Waals surface area contributed by atoms with Crippen molar-refractivity contribution in [3.05, 3.63) is 83.1 Å². The molecule has 0 aliphatic carbocycles. The first-order valence-corrected chi connectivity index (χ1v) is 16.2. The van der Waals surface area contributed by atoms with Crippen molar-refractivity contribution in [3.63, 3.8) is 0 Å². The van der Waals surface area contributed by atoms with Gasteiger partial charge in [-0.25, -0.2) is 0 Å². The molecule has 0 fully saturated rings. The van der Waals surface area contributed by atoms with E-state index in [-0.39, 0.29) is 0 Å². The van der Waals surface area contributed by atoms with Gasteiger partial charge in [-0.3, -0.25) is 0 Å². The lowest BCUT2D eigenvalue weighted by molar-refractivity contribution is 1.60. The summed E-state index contributed by atoms with van der Waals surface area (Å²) in [6.45, 7) is 14.0. The average Bonchev–Trinajstić information content (AvgIpc) is 2.57. The summed E-state index contributed by atoms with van der Waals surface area (Å²) >= 11 is 0. The van der Waals surface area contributed by atoms with Gasteiger partial charge in [-0.2, -0.15) is 0 Å². The van der Waals surface area contributed by atoms with Gasteiger partial charge < -0.3 is 0 Å². The minimum absolute atomic E-state index is 1.22. The van der Waals surface area contributed by atoms with E-state index in [9.17, 15) is 0 Å². The van der Waals surface area contributed by atoms with Gasteiger partial charge in [0.1, 0.15) is 8.07 Å². The first kappa shape index (κ1) is 20.2. The van der Waals surface area contributed by atoms with E-state index >= 15 is 0 Å². The van der Waals surface area contributed by atoms with Crippen LogP contribution in [-0.4, -0.2) is 16.1 Å². The molecule has 2 aromatic carbocycles. The van der Waals surface area contributed by atoms with Gasteiger partial charge in [0, 0.05) is 0 Å². The summed E-state index contributed by atoms with van der Waals surface area (Å²) in [7, 11) is -2.93. The van der Waals surface area contributed by atoms with E-state index in [4.69, 9.17) is 0 Å². The highest BCUT2D eigenvalue weighted by Crippen LogP contribution is 2.24. The highest BCUT2D eigenvalue weighted by molar-refractivity contribution is 6.86. The molecule has 0 nitrogen and oxygen atoms in total. The molecule has 0 radical (unpaired) electrons. The third-order valence-electron chi connectivity index (χ3n) is 3.91. The summed E-state index contributed by atoms with van der Waals surface area (Å²) in [5, 5.41) is 1.32. The number of allylic oxidation sites excluding steroid dienone is 3. The molecule has 0 saturated heterocycles. The van der Waals surface area contributed by atoms with Crippen molar-refractivity contribution >= 4 is 27.8 Å². The Bertz CT molecular complexity index is 834. The minimum atomic E-state index is -1.53. The van der Waals surface area contributed by atoms with Crippen LogP contribution in [-0.2, 0) is 0 Å². The maximum atomic E-state index is 3.58. The third-order valence-corrected chi connectivity index (χ3v) is 6.67. The zero-order chi connectivity index (χ0) is 19.2. The van der Waals surface area contributed by atoms with E-state index in [1.54, 1.807) is 0 Å². The lowest BCUT2D eigenvalue weighted by Gasteiger charge is -2.18. The van der Waals surface area contributed by atoms with Crippen LogP contribution in [0.3, 0.4) is 0 Å². The van der Waals surface area contributed by atoms with Crippen LogP contribution >= 0.6 is 0 Å². The van der Waals surface area contributed by atoms with Gasteiger partial charge in [0.2, 0.25) is 0 Å². The van der Waals surface area contributed by atoms with Crippen LogP contribution in [0.4, 0.5) is 0 Å². The van der Waals surface area contributed by atoms with Crippen molar-refractivity contribution in [2.75, 3.05) is 0 Å². The molecule has 26 heavy (non-hydrogen) atoms. The molecule has 134 valence electrons. The molecule has 2 aromatic rings.